The van der Waals surface area contributed by atoms with Crippen LogP contribution in [-0.2, 0) is 0 Å². The fourth-order valence-corrected chi connectivity index (χ4v) is 3.55. The molecule has 2 N–H and O–H groups in total. The normalized spacial score (nSPS) is 11.0. The zero-order valence-electron chi connectivity index (χ0n) is 16.5. The van der Waals surface area contributed by atoms with Crippen molar-refractivity contribution in [3.63, 3.8) is 0 Å². The molecule has 0 radical (unpaired) electrons. The maximum atomic E-state index is 13.4. The van der Waals surface area contributed by atoms with Gasteiger partial charge in [-0.3, -0.25) is 4.79 Å². The van der Waals surface area contributed by atoms with E-state index in [0.29, 0.717) is 28.0 Å². The van der Waals surface area contributed by atoms with Crippen molar-refractivity contribution >= 4 is 28.5 Å². The molecular formula is C22H13N5O5. The first-order valence-electron chi connectivity index (χ1n) is 9.32. The summed E-state index contributed by atoms with van der Waals surface area (Å²) in [5, 5.41) is 12.6. The molecule has 0 unspecified atom stereocenters. The van der Waals surface area contributed by atoms with E-state index in [1.165, 1.54) is 7.11 Å². The van der Waals surface area contributed by atoms with E-state index in [1.807, 2.05) is 0 Å². The summed E-state index contributed by atoms with van der Waals surface area (Å²) < 4.78 is 12.0. The van der Waals surface area contributed by atoms with Gasteiger partial charge in [-0.2, -0.15) is 0 Å². The molecule has 32 heavy (non-hydrogen) atoms. The Kier molecular flexibility index (Phi) is 4.23. The van der Waals surface area contributed by atoms with E-state index in [-0.39, 0.29) is 22.9 Å². The smallest absolute Gasteiger partial charge is 0.355 e. The van der Waals surface area contributed by atoms with Crippen molar-refractivity contribution in [1.82, 2.24) is 19.6 Å². The summed E-state index contributed by atoms with van der Waals surface area (Å²) in [6.45, 7) is 7.50. The number of nitrogens with one attached hydrogen (secondary N) is 1. The van der Waals surface area contributed by atoms with E-state index in [0.717, 1.165) is 4.52 Å². The molecule has 3 aromatic heterocycles. The number of carboxylic acid groups (broad SMARTS) is 1. The fourth-order valence-electron chi connectivity index (χ4n) is 3.55. The van der Waals surface area contributed by atoms with Gasteiger partial charge in [0.25, 0.3) is 5.82 Å². The molecule has 3 heterocycles. The minimum Gasteiger partial charge on any atom is -0.494 e. The van der Waals surface area contributed by atoms with Gasteiger partial charge in [0.15, 0.2) is 22.4 Å². The second-order valence-corrected chi connectivity index (χ2v) is 6.74. The molecule has 0 amide bonds. The molecule has 0 saturated heterocycles. The highest BCUT2D eigenvalue weighted by Gasteiger charge is 2.28. The Morgan fingerprint density at radius 1 is 1.16 bits per heavy atom. The van der Waals surface area contributed by atoms with E-state index in [1.54, 1.807) is 48.5 Å². The number of ether oxygens (including phenoxy) is 1. The molecule has 0 bridgehead atoms. The van der Waals surface area contributed by atoms with Crippen LogP contribution in [0.15, 0.2) is 57.7 Å². The molecule has 156 valence electrons. The Morgan fingerprint density at radius 2 is 1.94 bits per heavy atom. The Bertz CT molecular complexity index is 1620. The third-order valence-electron chi connectivity index (χ3n) is 4.95. The summed E-state index contributed by atoms with van der Waals surface area (Å²) in [5.41, 5.74) is -0.0283. The van der Waals surface area contributed by atoms with Crippen LogP contribution < -0.4 is 10.3 Å². The molecule has 5 rings (SSSR count). The number of nitrogens with zero attached hydrogens (tertiary/aromatic N) is 4. The number of carbonyl (C=O) groups is 1. The van der Waals surface area contributed by atoms with Gasteiger partial charge < -0.3 is 19.1 Å². The Labute approximate surface area is 179 Å². The number of benzene rings is 2. The minimum atomic E-state index is -1.43. The van der Waals surface area contributed by atoms with Crippen LogP contribution in [0.2, 0.25) is 0 Å². The van der Waals surface area contributed by atoms with Crippen molar-refractivity contribution in [2.45, 2.75) is 0 Å². The number of hydrogen-bond acceptors (Lipinski definition) is 6. The van der Waals surface area contributed by atoms with Crippen LogP contribution >= 0.6 is 0 Å². The van der Waals surface area contributed by atoms with Gasteiger partial charge in [-0.1, -0.05) is 43.0 Å². The molecule has 0 aliphatic heterocycles. The predicted molar refractivity (Wildman–Crippen MR) is 114 cm³/mol. The third kappa shape index (κ3) is 2.73. The molecular weight excluding hydrogens is 414 g/mol. The van der Waals surface area contributed by atoms with Crippen LogP contribution in [0.5, 0.6) is 5.75 Å². The summed E-state index contributed by atoms with van der Waals surface area (Å²) in [6, 6.07) is 13.8. The van der Waals surface area contributed by atoms with Gasteiger partial charge in [-0.15, -0.1) is 4.52 Å². The number of methoxy groups -OCH3 is 1. The van der Waals surface area contributed by atoms with Gasteiger partial charge in [0.05, 0.1) is 12.7 Å². The number of aromatic amines is 1. The van der Waals surface area contributed by atoms with Crippen LogP contribution in [0.25, 0.3) is 44.2 Å². The summed E-state index contributed by atoms with van der Waals surface area (Å²) in [5.74, 6) is -1.19. The van der Waals surface area contributed by atoms with Crippen LogP contribution in [0.1, 0.15) is 10.5 Å². The maximum absolute atomic E-state index is 13.4. The van der Waals surface area contributed by atoms with E-state index in [9.17, 15) is 14.7 Å². The highest BCUT2D eigenvalue weighted by molar-refractivity contribution is 5.96. The third-order valence-corrected chi connectivity index (χ3v) is 4.95. The van der Waals surface area contributed by atoms with Crippen LogP contribution in [-0.4, -0.2) is 37.8 Å². The lowest BCUT2D eigenvalue weighted by molar-refractivity contribution is 0.0691. The van der Waals surface area contributed by atoms with Crippen LogP contribution in [0, 0.1) is 6.57 Å². The first kappa shape index (κ1) is 19.1. The molecule has 0 saturated carbocycles. The monoisotopic (exact) mass is 427 g/mol. The summed E-state index contributed by atoms with van der Waals surface area (Å²) in [4.78, 5) is 37.4. The lowest BCUT2D eigenvalue weighted by Gasteiger charge is -2.03. The number of para-hydroxylation sites is 1. The summed E-state index contributed by atoms with van der Waals surface area (Å²) in [6.07, 6.45) is 0. The summed E-state index contributed by atoms with van der Waals surface area (Å²) >= 11 is 0. The van der Waals surface area contributed by atoms with Gasteiger partial charge in [-0.05, 0) is 17.7 Å². The van der Waals surface area contributed by atoms with Gasteiger partial charge in [-0.25, -0.2) is 19.9 Å². The largest absolute Gasteiger partial charge is 0.494 e. The SMILES string of the molecule is [C-]#[N+]c1[nH]n2c(=O)c(-c3nc4c(OC)cccc4o3)c(C(=O)O)nc2c1-c1ccccc1. The molecule has 0 spiro atoms. The van der Waals surface area contributed by atoms with Crippen molar-refractivity contribution in [3.8, 4) is 28.3 Å². The van der Waals surface area contributed by atoms with Crippen molar-refractivity contribution in [1.29, 1.82) is 0 Å². The highest BCUT2D eigenvalue weighted by atomic mass is 16.5. The van der Waals surface area contributed by atoms with Crippen molar-refractivity contribution in [2.75, 3.05) is 7.11 Å². The average Bonchev–Trinajstić information content (AvgIpc) is 3.40. The maximum Gasteiger partial charge on any atom is 0.355 e. The Balaban J connectivity index is 1.87. The fraction of sp³-hybridized carbons (Fsp3) is 0.0455. The molecule has 2 aromatic carbocycles. The number of aromatic carboxylic acids is 1. The number of carboxylic acids is 1. The number of H-pyrrole nitrogens is 1. The first-order chi connectivity index (χ1) is 15.5. The van der Waals surface area contributed by atoms with E-state index < -0.39 is 17.2 Å². The lowest BCUT2D eigenvalue weighted by Crippen LogP contribution is -2.22. The standard InChI is InChI=1S/C22H13N5O5/c1-23-18-14(11-7-4-3-5-8-11)19-24-17(22(29)30)15(21(28)27(19)26-18)20-25-16-12(31-2)9-6-10-13(16)32-20/h3-10,26H,2H3,(H,29,30). The zero-order valence-corrected chi connectivity index (χ0v) is 16.5. The minimum absolute atomic E-state index is 0.0158. The molecule has 0 fully saturated rings. The highest BCUT2D eigenvalue weighted by Crippen LogP contribution is 2.34. The van der Waals surface area contributed by atoms with Gasteiger partial charge in [0.1, 0.15) is 11.3 Å². The topological polar surface area (TPSA) is 127 Å². The number of aromatic nitrogens is 4. The Morgan fingerprint density at radius 3 is 2.62 bits per heavy atom. The average molecular weight is 427 g/mol. The Hall–Kier alpha value is -4.91. The number of hydrogen-bond donors (Lipinski definition) is 2. The van der Waals surface area contributed by atoms with Crippen molar-refractivity contribution in [2.24, 2.45) is 0 Å². The first-order valence-corrected chi connectivity index (χ1v) is 9.32. The lowest BCUT2D eigenvalue weighted by atomic mass is 10.1. The predicted octanol–water partition coefficient (Wildman–Crippen LogP) is 3.76. The molecule has 10 heteroatoms. The molecule has 0 atom stereocenters. The van der Waals surface area contributed by atoms with Gasteiger partial charge >= 0.3 is 11.5 Å². The zero-order chi connectivity index (χ0) is 22.4. The molecule has 5 aromatic rings. The second-order valence-electron chi connectivity index (χ2n) is 6.74. The molecule has 0 aliphatic rings. The van der Waals surface area contributed by atoms with Gasteiger partial charge in [0.2, 0.25) is 5.89 Å². The molecule has 10 nitrogen and oxygen atoms in total. The molecule has 0 aliphatic carbocycles. The quantitative estimate of drug-likeness (QED) is 0.418. The van der Waals surface area contributed by atoms with Crippen molar-refractivity contribution < 1.29 is 19.1 Å². The summed E-state index contributed by atoms with van der Waals surface area (Å²) in [7, 11) is 1.46. The van der Waals surface area contributed by atoms with E-state index in [2.05, 4.69) is 19.9 Å². The number of oxazole rings is 1. The number of fused-ring (bicyclic) bond motifs is 2. The van der Waals surface area contributed by atoms with Crippen LogP contribution in [0.3, 0.4) is 0 Å². The number of rotatable bonds is 4. The van der Waals surface area contributed by atoms with E-state index in [4.69, 9.17) is 15.7 Å². The van der Waals surface area contributed by atoms with E-state index >= 15 is 0 Å². The van der Waals surface area contributed by atoms with Crippen LogP contribution in [0.4, 0.5) is 5.82 Å². The van der Waals surface area contributed by atoms with Crippen molar-refractivity contribution in [3.05, 3.63) is 76.0 Å². The second kappa shape index (κ2) is 7.10. The van der Waals surface area contributed by atoms with Gasteiger partial charge in [0, 0.05) is 0 Å².